The van der Waals surface area contributed by atoms with E-state index in [-0.39, 0.29) is 30.5 Å². The van der Waals surface area contributed by atoms with E-state index in [2.05, 4.69) is 10.2 Å². The fourth-order valence-electron chi connectivity index (χ4n) is 4.00. The van der Waals surface area contributed by atoms with E-state index < -0.39 is 6.10 Å². The van der Waals surface area contributed by atoms with Gasteiger partial charge in [0.2, 0.25) is 12.0 Å². The van der Waals surface area contributed by atoms with E-state index >= 15 is 0 Å². The van der Waals surface area contributed by atoms with E-state index in [4.69, 9.17) is 9.47 Å². The molecule has 3 atom stereocenters. The largest absolute Gasteiger partial charge is 0.485 e. The molecule has 2 heterocycles. The van der Waals surface area contributed by atoms with Gasteiger partial charge < -0.3 is 19.7 Å². The molecule has 0 unspecified atom stereocenters. The number of carbonyl (C=O) groups excluding carboxylic acids is 2. The van der Waals surface area contributed by atoms with Crippen LogP contribution >= 0.6 is 0 Å². The van der Waals surface area contributed by atoms with Gasteiger partial charge in [0.05, 0.1) is 12.1 Å². The summed E-state index contributed by atoms with van der Waals surface area (Å²) in [7, 11) is 0. The van der Waals surface area contributed by atoms with Crippen LogP contribution in [0.15, 0.2) is 54.6 Å². The molecule has 0 saturated carbocycles. The molecular formula is C24H29N3O4. The Kier molecular flexibility index (Phi) is 6.42. The van der Waals surface area contributed by atoms with Crippen molar-refractivity contribution in [3.05, 3.63) is 60.2 Å². The summed E-state index contributed by atoms with van der Waals surface area (Å²) in [5, 5.41) is 3.09. The maximum absolute atomic E-state index is 12.9. The number of fused-ring (bicyclic) bond motifs is 1. The maximum Gasteiger partial charge on any atom is 0.267 e. The second kappa shape index (κ2) is 9.39. The van der Waals surface area contributed by atoms with Crippen LogP contribution in [-0.2, 0) is 9.59 Å². The molecule has 2 amide bonds. The Morgan fingerprint density at radius 2 is 1.58 bits per heavy atom. The summed E-state index contributed by atoms with van der Waals surface area (Å²) in [5.74, 6) is 1.20. The van der Waals surface area contributed by atoms with Crippen LogP contribution in [0.25, 0.3) is 0 Å². The van der Waals surface area contributed by atoms with Gasteiger partial charge in [0, 0.05) is 26.2 Å². The number of hydrogen-bond donors (Lipinski definition) is 1. The van der Waals surface area contributed by atoms with Gasteiger partial charge >= 0.3 is 0 Å². The third-order valence-corrected chi connectivity index (χ3v) is 6.00. The standard InChI is InChI=1S/C24H29N3O4/c1-17(19-8-4-3-5-9-19)25-23(28)18(2)26-12-14-27(15-13-26)24(29)22-16-30-20-10-6-7-11-21(20)31-22/h3-11,17-18,22H,12-16H2,1-2H3,(H,25,28)/t17-,18-,22-/m0/s1. The second-order valence-corrected chi connectivity index (χ2v) is 8.04. The molecule has 1 saturated heterocycles. The average Bonchev–Trinajstić information content (AvgIpc) is 2.83. The monoisotopic (exact) mass is 423 g/mol. The van der Waals surface area contributed by atoms with Crippen LogP contribution < -0.4 is 14.8 Å². The molecule has 0 spiro atoms. The van der Waals surface area contributed by atoms with E-state index in [0.717, 1.165) is 5.56 Å². The van der Waals surface area contributed by atoms with Gasteiger partial charge in [-0.05, 0) is 31.5 Å². The van der Waals surface area contributed by atoms with Gasteiger partial charge in [0.1, 0.15) is 6.61 Å². The summed E-state index contributed by atoms with van der Waals surface area (Å²) in [4.78, 5) is 29.6. The highest BCUT2D eigenvalue weighted by Gasteiger charge is 2.34. The molecule has 0 radical (unpaired) electrons. The van der Waals surface area contributed by atoms with E-state index in [0.29, 0.717) is 37.7 Å². The van der Waals surface area contributed by atoms with Crippen molar-refractivity contribution >= 4 is 11.8 Å². The number of benzene rings is 2. The Morgan fingerprint density at radius 1 is 0.935 bits per heavy atom. The number of nitrogens with zero attached hydrogens (tertiary/aromatic N) is 2. The number of nitrogens with one attached hydrogen (secondary N) is 1. The zero-order valence-electron chi connectivity index (χ0n) is 18.0. The number of hydrogen-bond acceptors (Lipinski definition) is 5. The van der Waals surface area contributed by atoms with Crippen LogP contribution in [0.2, 0.25) is 0 Å². The van der Waals surface area contributed by atoms with E-state index in [1.165, 1.54) is 0 Å². The van der Waals surface area contributed by atoms with Crippen molar-refractivity contribution in [3.63, 3.8) is 0 Å². The lowest BCUT2D eigenvalue weighted by atomic mass is 10.1. The van der Waals surface area contributed by atoms with E-state index in [1.54, 1.807) is 4.90 Å². The second-order valence-electron chi connectivity index (χ2n) is 8.04. The third-order valence-electron chi connectivity index (χ3n) is 6.00. The van der Waals surface area contributed by atoms with Gasteiger partial charge in [-0.3, -0.25) is 14.5 Å². The zero-order valence-corrected chi connectivity index (χ0v) is 18.0. The van der Waals surface area contributed by atoms with Crippen LogP contribution in [-0.4, -0.2) is 66.5 Å². The first-order chi connectivity index (χ1) is 15.0. The molecule has 164 valence electrons. The third kappa shape index (κ3) is 4.82. The SMILES string of the molecule is C[C@H](NC(=O)[C@H](C)N1CCN(C(=O)[C@@H]2COc3ccccc3O2)CC1)c1ccccc1. The van der Waals surface area contributed by atoms with Gasteiger partial charge in [0.25, 0.3) is 5.91 Å². The Hall–Kier alpha value is -3.06. The molecule has 1 N–H and O–H groups in total. The summed E-state index contributed by atoms with van der Waals surface area (Å²) in [6, 6.07) is 17.0. The molecule has 1 fully saturated rings. The van der Waals surface area contributed by atoms with Crippen LogP contribution in [0.3, 0.4) is 0 Å². The number of amides is 2. The average molecular weight is 424 g/mol. The summed E-state index contributed by atoms with van der Waals surface area (Å²) < 4.78 is 11.5. The fourth-order valence-corrected chi connectivity index (χ4v) is 4.00. The molecule has 0 aromatic heterocycles. The molecule has 0 bridgehead atoms. The van der Waals surface area contributed by atoms with Crippen LogP contribution in [0, 0.1) is 0 Å². The maximum atomic E-state index is 12.9. The lowest BCUT2D eigenvalue weighted by Crippen LogP contribution is -2.57. The Morgan fingerprint density at radius 3 is 2.29 bits per heavy atom. The Balaban J connectivity index is 1.27. The first kappa shape index (κ1) is 21.2. The van der Waals surface area contributed by atoms with Gasteiger partial charge in [-0.15, -0.1) is 0 Å². The highest BCUT2D eigenvalue weighted by atomic mass is 16.6. The van der Waals surface area contributed by atoms with Gasteiger partial charge in [-0.1, -0.05) is 42.5 Å². The lowest BCUT2D eigenvalue weighted by molar-refractivity contribution is -0.143. The number of rotatable bonds is 5. The minimum Gasteiger partial charge on any atom is -0.485 e. The lowest BCUT2D eigenvalue weighted by Gasteiger charge is -2.39. The topological polar surface area (TPSA) is 71.1 Å². The zero-order chi connectivity index (χ0) is 21.8. The first-order valence-electron chi connectivity index (χ1n) is 10.8. The van der Waals surface area contributed by atoms with Crippen molar-refractivity contribution in [2.45, 2.75) is 32.0 Å². The summed E-state index contributed by atoms with van der Waals surface area (Å²) in [6.45, 7) is 6.53. The smallest absolute Gasteiger partial charge is 0.267 e. The predicted molar refractivity (Wildman–Crippen MR) is 117 cm³/mol. The van der Waals surface area contributed by atoms with Crippen LogP contribution in [0.4, 0.5) is 0 Å². The molecule has 2 aromatic rings. The normalized spacial score (nSPS) is 20.6. The molecule has 0 aliphatic carbocycles. The molecule has 7 heteroatoms. The Bertz CT molecular complexity index is 912. The molecule has 31 heavy (non-hydrogen) atoms. The fraction of sp³-hybridized carbons (Fsp3) is 0.417. The van der Waals surface area contributed by atoms with Crippen molar-refractivity contribution in [3.8, 4) is 11.5 Å². The van der Waals surface area contributed by atoms with Crippen molar-refractivity contribution in [1.82, 2.24) is 15.1 Å². The van der Waals surface area contributed by atoms with E-state index in [9.17, 15) is 9.59 Å². The minimum absolute atomic E-state index is 0.00301. The van der Waals surface area contributed by atoms with E-state index in [1.807, 2.05) is 68.4 Å². The highest BCUT2D eigenvalue weighted by Crippen LogP contribution is 2.31. The van der Waals surface area contributed by atoms with Crippen molar-refractivity contribution in [2.75, 3.05) is 32.8 Å². The number of para-hydroxylation sites is 2. The molecule has 4 rings (SSSR count). The van der Waals surface area contributed by atoms with Gasteiger partial charge in [0.15, 0.2) is 11.5 Å². The molecule has 2 aliphatic heterocycles. The molecule has 7 nitrogen and oxygen atoms in total. The quantitative estimate of drug-likeness (QED) is 0.799. The highest BCUT2D eigenvalue weighted by molar-refractivity contribution is 5.83. The number of ether oxygens (including phenoxy) is 2. The molecule has 2 aliphatic rings. The summed E-state index contributed by atoms with van der Waals surface area (Å²) >= 11 is 0. The Labute approximate surface area is 182 Å². The van der Waals surface area contributed by atoms with Gasteiger partial charge in [-0.2, -0.15) is 0 Å². The number of piperazine rings is 1. The summed E-state index contributed by atoms with van der Waals surface area (Å²) in [5.41, 5.74) is 1.08. The van der Waals surface area contributed by atoms with Crippen LogP contribution in [0.5, 0.6) is 11.5 Å². The predicted octanol–water partition coefficient (Wildman–Crippen LogP) is 2.24. The van der Waals surface area contributed by atoms with Crippen LogP contribution in [0.1, 0.15) is 25.5 Å². The molecular weight excluding hydrogens is 394 g/mol. The van der Waals surface area contributed by atoms with Gasteiger partial charge in [-0.25, -0.2) is 0 Å². The number of carbonyl (C=O) groups is 2. The minimum atomic E-state index is -0.631. The first-order valence-corrected chi connectivity index (χ1v) is 10.8. The molecule has 2 aromatic carbocycles. The van der Waals surface area contributed by atoms with Crippen molar-refractivity contribution in [2.24, 2.45) is 0 Å². The summed E-state index contributed by atoms with van der Waals surface area (Å²) in [6.07, 6.45) is -0.631. The van der Waals surface area contributed by atoms with Crippen molar-refractivity contribution in [1.29, 1.82) is 0 Å². The van der Waals surface area contributed by atoms with Crippen molar-refractivity contribution < 1.29 is 19.1 Å².